The number of rotatable bonds is 9. The maximum atomic E-state index is 12.2. The Labute approximate surface area is 218 Å². The van der Waals surface area contributed by atoms with E-state index in [2.05, 4.69) is 22.1 Å². The van der Waals surface area contributed by atoms with Gasteiger partial charge in [0.15, 0.2) is 5.82 Å². The van der Waals surface area contributed by atoms with Crippen LogP contribution in [0.1, 0.15) is 26.5 Å². The zero-order chi connectivity index (χ0) is 26.4. The Morgan fingerprint density at radius 3 is 2.62 bits per heavy atom. The van der Waals surface area contributed by atoms with Crippen molar-refractivity contribution in [1.29, 1.82) is 0 Å². The summed E-state index contributed by atoms with van der Waals surface area (Å²) in [6.45, 7) is 10.00. The van der Waals surface area contributed by atoms with Crippen LogP contribution in [0.15, 0.2) is 40.9 Å². The number of anilines is 1. The molecule has 4 rings (SSSR count). The van der Waals surface area contributed by atoms with Crippen molar-refractivity contribution >= 4 is 23.2 Å². The van der Waals surface area contributed by atoms with Crippen LogP contribution in [-0.2, 0) is 4.74 Å². The second kappa shape index (κ2) is 12.2. The van der Waals surface area contributed by atoms with Crippen molar-refractivity contribution < 1.29 is 19.4 Å². The molecule has 0 saturated carbocycles. The quantitative estimate of drug-likeness (QED) is 0.532. The molecule has 2 aliphatic heterocycles. The average Bonchev–Trinajstić information content (AvgIpc) is 3.25. The highest BCUT2D eigenvalue weighted by atomic mass is 16.6. The van der Waals surface area contributed by atoms with Gasteiger partial charge >= 0.3 is 6.09 Å². The highest BCUT2D eigenvalue weighted by molar-refractivity contribution is 6.24. The molecule has 1 aromatic heterocycles. The molecule has 2 aromatic rings. The molecule has 1 amide bonds. The molecule has 1 atom stereocenters. The van der Waals surface area contributed by atoms with Gasteiger partial charge in [0.05, 0.1) is 18.8 Å². The van der Waals surface area contributed by atoms with Gasteiger partial charge in [-0.2, -0.15) is 0 Å². The molecule has 198 valence electrons. The molecule has 0 aliphatic carbocycles. The van der Waals surface area contributed by atoms with E-state index in [4.69, 9.17) is 19.4 Å². The van der Waals surface area contributed by atoms with Gasteiger partial charge in [0, 0.05) is 55.6 Å². The van der Waals surface area contributed by atoms with Crippen LogP contribution in [0.2, 0.25) is 0 Å². The smallest absolute Gasteiger partial charge is 0.409 e. The Kier molecular flexibility index (Phi) is 8.73. The van der Waals surface area contributed by atoms with Gasteiger partial charge in [-0.25, -0.2) is 14.8 Å². The van der Waals surface area contributed by atoms with E-state index in [1.807, 2.05) is 44.2 Å². The van der Waals surface area contributed by atoms with Gasteiger partial charge in [0.25, 0.3) is 0 Å². The predicted octanol–water partition coefficient (Wildman–Crippen LogP) is 2.63. The fourth-order valence-corrected chi connectivity index (χ4v) is 4.51. The molecule has 1 unspecified atom stereocenters. The lowest BCUT2D eigenvalue weighted by Gasteiger charge is -2.35. The van der Waals surface area contributed by atoms with Crippen LogP contribution in [0.3, 0.4) is 0 Å². The molecule has 1 fully saturated rings. The maximum absolute atomic E-state index is 12.2. The molecular weight excluding hydrogens is 472 g/mol. The number of likely N-dealkylation sites (N-methyl/N-ethyl adjacent to an activating group) is 1. The van der Waals surface area contributed by atoms with Crippen LogP contribution in [0.4, 0.5) is 10.6 Å². The van der Waals surface area contributed by atoms with E-state index in [1.54, 1.807) is 11.9 Å². The number of benzene rings is 1. The fourth-order valence-electron chi connectivity index (χ4n) is 4.51. The van der Waals surface area contributed by atoms with Crippen LogP contribution >= 0.6 is 0 Å². The SMILES string of the molecule is CCOC(=O)N1CCN(c2cc(C3=C(C)CN=C3C)nc(-c3cccc(OCC(O)CNC)c3)n2)CC1. The number of piperazine rings is 1. The molecule has 0 radical (unpaired) electrons. The van der Waals surface area contributed by atoms with Crippen molar-refractivity contribution in [2.45, 2.75) is 26.9 Å². The third-order valence-corrected chi connectivity index (χ3v) is 6.41. The summed E-state index contributed by atoms with van der Waals surface area (Å²) in [5.41, 5.74) is 4.85. The average molecular weight is 509 g/mol. The van der Waals surface area contributed by atoms with Crippen LogP contribution in [0.5, 0.6) is 5.75 Å². The summed E-state index contributed by atoms with van der Waals surface area (Å²) in [7, 11) is 1.79. The zero-order valence-corrected chi connectivity index (χ0v) is 22.0. The van der Waals surface area contributed by atoms with Gasteiger partial charge in [-0.3, -0.25) is 4.99 Å². The van der Waals surface area contributed by atoms with Crippen LogP contribution in [0.25, 0.3) is 17.0 Å². The standard InChI is InChI=1S/C27H36N6O4/c1-5-36-27(35)33-11-9-32(10-12-33)24-14-23(25-18(2)15-29-19(25)3)30-26(31-24)20-7-6-8-22(13-20)37-17-21(34)16-28-4/h6-8,13-14,21,28,34H,5,9-12,15-17H2,1-4H3. The normalized spacial score (nSPS) is 16.6. The first-order chi connectivity index (χ1) is 17.9. The van der Waals surface area contributed by atoms with E-state index in [0.717, 1.165) is 28.4 Å². The van der Waals surface area contributed by atoms with E-state index in [0.29, 0.717) is 57.4 Å². The Morgan fingerprint density at radius 1 is 1.16 bits per heavy atom. The Morgan fingerprint density at radius 2 is 1.95 bits per heavy atom. The van der Waals surface area contributed by atoms with Crippen molar-refractivity contribution in [2.24, 2.45) is 4.99 Å². The largest absolute Gasteiger partial charge is 0.491 e. The lowest BCUT2D eigenvalue weighted by Crippen LogP contribution is -2.49. The van der Waals surface area contributed by atoms with E-state index in [9.17, 15) is 9.90 Å². The van der Waals surface area contributed by atoms with Gasteiger partial charge in [-0.05, 0) is 45.5 Å². The van der Waals surface area contributed by atoms with Crippen molar-refractivity contribution in [3.63, 3.8) is 0 Å². The number of aliphatic hydroxyl groups excluding tert-OH is 1. The summed E-state index contributed by atoms with van der Waals surface area (Å²) in [6, 6.07) is 9.62. The van der Waals surface area contributed by atoms with E-state index >= 15 is 0 Å². The highest BCUT2D eigenvalue weighted by Crippen LogP contribution is 2.30. The number of nitrogens with zero attached hydrogens (tertiary/aromatic N) is 5. The first-order valence-electron chi connectivity index (χ1n) is 12.7. The number of amides is 1. The lowest BCUT2D eigenvalue weighted by atomic mass is 10.0. The Hall–Kier alpha value is -3.50. The maximum Gasteiger partial charge on any atom is 0.409 e. The van der Waals surface area contributed by atoms with E-state index in [-0.39, 0.29) is 12.7 Å². The van der Waals surface area contributed by atoms with Gasteiger partial charge in [-0.15, -0.1) is 0 Å². The summed E-state index contributed by atoms with van der Waals surface area (Å²) in [5, 5.41) is 12.9. The summed E-state index contributed by atoms with van der Waals surface area (Å²) in [6.07, 6.45) is -0.880. The van der Waals surface area contributed by atoms with Gasteiger partial charge in [0.2, 0.25) is 0 Å². The zero-order valence-electron chi connectivity index (χ0n) is 22.0. The van der Waals surface area contributed by atoms with Gasteiger partial charge in [0.1, 0.15) is 24.3 Å². The molecule has 3 heterocycles. The molecule has 2 N–H and O–H groups in total. The number of aliphatic hydroxyl groups is 1. The molecule has 1 saturated heterocycles. The molecule has 1 aromatic carbocycles. The summed E-state index contributed by atoms with van der Waals surface area (Å²) in [5.74, 6) is 2.03. The third kappa shape index (κ3) is 6.44. The Bertz CT molecular complexity index is 1170. The molecule has 0 spiro atoms. The van der Waals surface area contributed by atoms with E-state index < -0.39 is 6.10 Å². The fraction of sp³-hybridized carbons (Fsp3) is 0.481. The van der Waals surface area contributed by atoms with Crippen molar-refractivity contribution in [3.05, 3.63) is 41.6 Å². The van der Waals surface area contributed by atoms with Crippen molar-refractivity contribution in [2.75, 3.05) is 64.4 Å². The third-order valence-electron chi connectivity index (χ3n) is 6.41. The first-order valence-corrected chi connectivity index (χ1v) is 12.7. The number of aromatic nitrogens is 2. The second-order valence-corrected chi connectivity index (χ2v) is 9.22. The number of hydrogen-bond donors (Lipinski definition) is 2. The number of carbonyl (C=O) groups is 1. The molecule has 10 nitrogen and oxygen atoms in total. The molecule has 0 bridgehead atoms. The number of ether oxygens (including phenoxy) is 2. The number of allylic oxidation sites excluding steroid dienone is 1. The van der Waals surface area contributed by atoms with Gasteiger partial charge < -0.3 is 29.7 Å². The number of carbonyl (C=O) groups excluding carboxylic acids is 1. The molecule has 10 heteroatoms. The molecular formula is C27H36N6O4. The second-order valence-electron chi connectivity index (χ2n) is 9.22. The highest BCUT2D eigenvalue weighted by Gasteiger charge is 2.25. The van der Waals surface area contributed by atoms with Crippen LogP contribution < -0.4 is 15.0 Å². The minimum Gasteiger partial charge on any atom is -0.491 e. The predicted molar refractivity (Wildman–Crippen MR) is 144 cm³/mol. The summed E-state index contributed by atoms with van der Waals surface area (Å²) < 4.78 is 11.0. The Balaban J connectivity index is 1.63. The number of hydrogen-bond acceptors (Lipinski definition) is 9. The van der Waals surface area contributed by atoms with Gasteiger partial charge in [-0.1, -0.05) is 12.1 Å². The minimum atomic E-state index is -0.604. The lowest BCUT2D eigenvalue weighted by molar-refractivity contribution is 0.105. The number of nitrogens with one attached hydrogen (secondary N) is 1. The van der Waals surface area contributed by atoms with E-state index in [1.165, 1.54) is 5.57 Å². The number of aliphatic imine (C=N–C) groups is 1. The van der Waals surface area contributed by atoms with Crippen LogP contribution in [-0.4, -0.2) is 97.4 Å². The van der Waals surface area contributed by atoms with Crippen molar-refractivity contribution in [3.8, 4) is 17.1 Å². The monoisotopic (exact) mass is 508 g/mol. The first kappa shape index (κ1) is 26.6. The van der Waals surface area contributed by atoms with Crippen molar-refractivity contribution in [1.82, 2.24) is 20.2 Å². The van der Waals surface area contributed by atoms with Crippen LogP contribution in [0, 0.1) is 0 Å². The summed E-state index contributed by atoms with van der Waals surface area (Å²) >= 11 is 0. The molecule has 2 aliphatic rings. The summed E-state index contributed by atoms with van der Waals surface area (Å²) in [4.78, 5) is 30.5. The topological polar surface area (TPSA) is 112 Å². The molecule has 37 heavy (non-hydrogen) atoms. The minimum absolute atomic E-state index is 0.183.